The van der Waals surface area contributed by atoms with Gasteiger partial charge in [0.1, 0.15) is 6.17 Å². The zero-order valence-electron chi connectivity index (χ0n) is 15.2. The van der Waals surface area contributed by atoms with Gasteiger partial charge in [0.2, 0.25) is 0 Å². The predicted molar refractivity (Wildman–Crippen MR) is 107 cm³/mol. The lowest BCUT2D eigenvalue weighted by molar-refractivity contribution is 0.237. The maximum Gasteiger partial charge on any atom is 0.316 e. The quantitative estimate of drug-likeness (QED) is 0.535. The molecule has 0 bridgehead atoms. The van der Waals surface area contributed by atoms with Gasteiger partial charge in [-0.25, -0.2) is 4.79 Å². The molecule has 1 aliphatic carbocycles. The average molecular weight is 363 g/mol. The van der Waals surface area contributed by atoms with Gasteiger partial charge in [-0.2, -0.15) is 0 Å². The summed E-state index contributed by atoms with van der Waals surface area (Å²) in [7, 11) is 0. The van der Waals surface area contributed by atoms with Crippen LogP contribution >= 0.6 is 11.8 Å². The molecule has 1 unspecified atom stereocenters. The van der Waals surface area contributed by atoms with Gasteiger partial charge in [0.15, 0.2) is 0 Å². The van der Waals surface area contributed by atoms with E-state index in [0.29, 0.717) is 18.5 Å². The van der Waals surface area contributed by atoms with Crippen molar-refractivity contribution in [2.24, 2.45) is 16.6 Å². The summed E-state index contributed by atoms with van der Waals surface area (Å²) in [4.78, 5) is 16.8. The molecule has 1 aliphatic rings. The molecular weight excluding hydrogens is 332 g/mol. The lowest BCUT2D eigenvalue weighted by atomic mass is 9.87. The number of benzene rings is 1. The number of rotatable bonds is 6. The highest BCUT2D eigenvalue weighted by atomic mass is 32.2. The van der Waals surface area contributed by atoms with Crippen molar-refractivity contribution in [2.75, 3.05) is 5.75 Å². The van der Waals surface area contributed by atoms with Crippen LogP contribution in [0.15, 0.2) is 35.3 Å². The third-order valence-corrected chi connectivity index (χ3v) is 5.39. The normalized spacial score (nSPS) is 22.3. The Balaban J connectivity index is 1.84. The summed E-state index contributed by atoms with van der Waals surface area (Å²) >= 11 is 1.79. The Kier molecular flexibility index (Phi) is 8.28. The van der Waals surface area contributed by atoms with Crippen molar-refractivity contribution in [3.8, 4) is 0 Å². The Morgan fingerprint density at radius 3 is 2.60 bits per heavy atom. The lowest BCUT2D eigenvalue weighted by Crippen LogP contribution is -2.40. The van der Waals surface area contributed by atoms with E-state index in [-0.39, 0.29) is 12.2 Å². The fourth-order valence-corrected chi connectivity index (χ4v) is 4.02. The Morgan fingerprint density at radius 2 is 1.96 bits per heavy atom. The van der Waals surface area contributed by atoms with Crippen LogP contribution < -0.4 is 16.4 Å². The second-order valence-electron chi connectivity index (χ2n) is 6.50. The van der Waals surface area contributed by atoms with Crippen molar-refractivity contribution in [3.63, 3.8) is 0 Å². The summed E-state index contributed by atoms with van der Waals surface area (Å²) in [6, 6.07) is 10.0. The van der Waals surface area contributed by atoms with E-state index >= 15 is 0 Å². The number of hydrogen-bond acceptors (Lipinski definition) is 4. The standard InChI is InChI=1S/C19H30N4OS/c1-3-25-18(16-9-11-17(20)12-10-16)22-14(2)23-19(24)21-13-15-7-5-4-6-8-15/h4-8,14,16-17H,3,9-13,20H2,1-2H3,(H2,21,23,24). The molecule has 1 fully saturated rings. The number of urea groups is 1. The summed E-state index contributed by atoms with van der Waals surface area (Å²) in [5.41, 5.74) is 7.09. The number of nitrogens with two attached hydrogens (primary N) is 1. The van der Waals surface area contributed by atoms with Gasteiger partial charge in [-0.3, -0.25) is 4.99 Å². The number of hydrogen-bond donors (Lipinski definition) is 3. The topological polar surface area (TPSA) is 79.5 Å². The first-order valence-corrected chi connectivity index (χ1v) is 10.1. The Bertz CT molecular complexity index is 556. The summed E-state index contributed by atoms with van der Waals surface area (Å²) in [6.07, 6.45) is 4.08. The van der Waals surface area contributed by atoms with E-state index in [4.69, 9.17) is 10.7 Å². The lowest BCUT2D eigenvalue weighted by Gasteiger charge is -2.27. The summed E-state index contributed by atoms with van der Waals surface area (Å²) in [6.45, 7) is 4.58. The summed E-state index contributed by atoms with van der Waals surface area (Å²) in [5.74, 6) is 1.48. The predicted octanol–water partition coefficient (Wildman–Crippen LogP) is 3.50. The van der Waals surface area contributed by atoms with E-state index in [0.717, 1.165) is 42.0 Å². The third kappa shape index (κ3) is 7.08. The molecule has 0 radical (unpaired) electrons. The monoisotopic (exact) mass is 362 g/mol. The van der Waals surface area contributed by atoms with Crippen LogP contribution in [0.3, 0.4) is 0 Å². The van der Waals surface area contributed by atoms with Gasteiger partial charge < -0.3 is 16.4 Å². The molecule has 2 rings (SSSR count). The van der Waals surface area contributed by atoms with Crippen LogP contribution in [0.1, 0.15) is 45.1 Å². The molecule has 5 nitrogen and oxygen atoms in total. The van der Waals surface area contributed by atoms with E-state index in [1.54, 1.807) is 11.8 Å². The van der Waals surface area contributed by atoms with Crippen LogP contribution in [0.4, 0.5) is 4.79 Å². The minimum Gasteiger partial charge on any atom is -0.334 e. The number of carbonyl (C=O) groups is 1. The summed E-state index contributed by atoms with van der Waals surface area (Å²) in [5, 5.41) is 6.95. The molecule has 1 saturated carbocycles. The van der Waals surface area contributed by atoms with E-state index < -0.39 is 0 Å². The van der Waals surface area contributed by atoms with E-state index in [1.165, 1.54) is 0 Å². The van der Waals surface area contributed by atoms with Gasteiger partial charge in [0.25, 0.3) is 0 Å². The zero-order valence-corrected chi connectivity index (χ0v) is 16.0. The highest BCUT2D eigenvalue weighted by Crippen LogP contribution is 2.29. The fraction of sp³-hybridized carbons (Fsp3) is 0.579. The van der Waals surface area contributed by atoms with Crippen molar-refractivity contribution in [1.82, 2.24) is 10.6 Å². The first kappa shape index (κ1) is 19.8. The van der Waals surface area contributed by atoms with Crippen molar-refractivity contribution in [3.05, 3.63) is 35.9 Å². The molecule has 4 N–H and O–H groups in total. The molecule has 25 heavy (non-hydrogen) atoms. The average Bonchev–Trinajstić information content (AvgIpc) is 2.61. The highest BCUT2D eigenvalue weighted by Gasteiger charge is 2.23. The molecule has 1 aromatic carbocycles. The molecule has 2 amide bonds. The second kappa shape index (κ2) is 10.5. The minimum absolute atomic E-state index is 0.188. The van der Waals surface area contributed by atoms with Gasteiger partial charge >= 0.3 is 6.03 Å². The number of thioether (sulfide) groups is 1. The Hall–Kier alpha value is -1.53. The molecule has 0 aliphatic heterocycles. The molecule has 0 heterocycles. The molecule has 138 valence electrons. The molecule has 1 aromatic rings. The van der Waals surface area contributed by atoms with Crippen LogP contribution in [-0.4, -0.2) is 29.0 Å². The van der Waals surface area contributed by atoms with Gasteiger partial charge in [0.05, 0.1) is 5.04 Å². The first-order chi connectivity index (χ1) is 12.1. The molecule has 6 heteroatoms. The largest absolute Gasteiger partial charge is 0.334 e. The Labute approximate surface area is 155 Å². The Morgan fingerprint density at radius 1 is 1.28 bits per heavy atom. The van der Waals surface area contributed by atoms with Crippen LogP contribution in [0, 0.1) is 5.92 Å². The van der Waals surface area contributed by atoms with E-state index in [9.17, 15) is 4.79 Å². The smallest absolute Gasteiger partial charge is 0.316 e. The van der Waals surface area contributed by atoms with Crippen molar-refractivity contribution in [2.45, 2.75) is 58.3 Å². The van der Waals surface area contributed by atoms with Crippen LogP contribution in [0.5, 0.6) is 0 Å². The summed E-state index contributed by atoms with van der Waals surface area (Å²) < 4.78 is 0. The van der Waals surface area contributed by atoms with Crippen LogP contribution in [-0.2, 0) is 6.54 Å². The van der Waals surface area contributed by atoms with E-state index in [1.807, 2.05) is 37.3 Å². The number of aliphatic imine (C=N–C) groups is 1. The highest BCUT2D eigenvalue weighted by molar-refractivity contribution is 8.13. The van der Waals surface area contributed by atoms with Gasteiger partial charge in [-0.1, -0.05) is 37.3 Å². The minimum atomic E-state index is -0.236. The van der Waals surface area contributed by atoms with Gasteiger partial charge in [-0.05, 0) is 43.9 Å². The number of carbonyl (C=O) groups excluding carboxylic acids is 1. The van der Waals surface area contributed by atoms with Gasteiger partial charge in [0, 0.05) is 18.5 Å². The van der Waals surface area contributed by atoms with Crippen LogP contribution in [0.25, 0.3) is 0 Å². The maximum atomic E-state index is 12.1. The molecular formula is C19H30N4OS. The number of amides is 2. The molecule has 0 spiro atoms. The fourth-order valence-electron chi connectivity index (χ4n) is 3.02. The SMILES string of the molecule is CCSC(=NC(C)NC(=O)NCc1ccccc1)C1CCC(N)CC1. The van der Waals surface area contributed by atoms with E-state index in [2.05, 4.69) is 17.6 Å². The maximum absolute atomic E-state index is 12.1. The molecule has 0 aromatic heterocycles. The van der Waals surface area contributed by atoms with Crippen molar-refractivity contribution < 1.29 is 4.79 Å². The second-order valence-corrected chi connectivity index (χ2v) is 7.78. The van der Waals surface area contributed by atoms with Crippen molar-refractivity contribution in [1.29, 1.82) is 0 Å². The van der Waals surface area contributed by atoms with Crippen LogP contribution in [0.2, 0.25) is 0 Å². The third-order valence-electron chi connectivity index (χ3n) is 4.37. The first-order valence-electron chi connectivity index (χ1n) is 9.12. The van der Waals surface area contributed by atoms with Crippen molar-refractivity contribution >= 4 is 22.8 Å². The molecule has 1 atom stereocenters. The number of nitrogens with one attached hydrogen (secondary N) is 2. The van der Waals surface area contributed by atoms with Gasteiger partial charge in [-0.15, -0.1) is 11.8 Å². The number of nitrogens with zero attached hydrogens (tertiary/aromatic N) is 1. The zero-order chi connectivity index (χ0) is 18.1. The molecule has 0 saturated heterocycles.